The lowest BCUT2D eigenvalue weighted by atomic mass is 10.1. The van der Waals surface area contributed by atoms with Crippen LogP contribution in [0.3, 0.4) is 0 Å². The number of rotatable bonds is 4. The number of thiophene rings is 1. The molecule has 1 heterocycles. The van der Waals surface area contributed by atoms with Crippen molar-refractivity contribution in [2.45, 2.75) is 13.5 Å². The molecule has 2 aromatic rings. The number of carboxylic acid groups (broad SMARTS) is 1. The van der Waals surface area contributed by atoms with Crippen LogP contribution < -0.4 is 5.32 Å². The van der Waals surface area contributed by atoms with Crippen LogP contribution in [-0.2, 0) is 6.54 Å². The molecule has 2 rings (SSSR count). The van der Waals surface area contributed by atoms with Gasteiger partial charge in [0.25, 0.3) is 0 Å². The second-order valence-corrected chi connectivity index (χ2v) is 5.26. The average Bonchev–Trinajstić information content (AvgIpc) is 2.71. The van der Waals surface area contributed by atoms with E-state index in [1.165, 1.54) is 10.4 Å². The predicted octanol–water partition coefficient (Wildman–Crippen LogP) is 4.02. The summed E-state index contributed by atoms with van der Waals surface area (Å²) in [5, 5.41) is 14.5. The van der Waals surface area contributed by atoms with E-state index in [2.05, 4.69) is 5.32 Å². The van der Waals surface area contributed by atoms with Crippen molar-refractivity contribution in [1.29, 1.82) is 0 Å². The zero-order valence-corrected chi connectivity index (χ0v) is 11.3. The number of benzene rings is 1. The van der Waals surface area contributed by atoms with E-state index >= 15 is 0 Å². The third kappa shape index (κ3) is 2.66. The summed E-state index contributed by atoms with van der Waals surface area (Å²) >= 11 is 7.54. The second kappa shape index (κ2) is 5.42. The first-order valence-electron chi connectivity index (χ1n) is 5.38. The second-order valence-electron chi connectivity index (χ2n) is 3.85. The molecule has 0 aliphatic rings. The van der Waals surface area contributed by atoms with Crippen molar-refractivity contribution in [1.82, 2.24) is 0 Å². The summed E-state index contributed by atoms with van der Waals surface area (Å²) in [5.74, 6) is -1.02. The molecule has 0 saturated carbocycles. The fraction of sp³-hybridized carbons (Fsp3) is 0.154. The molecule has 2 N–H and O–H groups in total. The van der Waals surface area contributed by atoms with Crippen LogP contribution in [0.1, 0.15) is 20.8 Å². The Kier molecular flexibility index (Phi) is 3.89. The molecule has 0 amide bonds. The van der Waals surface area contributed by atoms with Gasteiger partial charge in [-0.3, -0.25) is 0 Å². The lowest BCUT2D eigenvalue weighted by Crippen LogP contribution is -2.06. The Bertz CT molecular complexity index is 580. The maximum atomic E-state index is 11.1. The number of anilines is 1. The quantitative estimate of drug-likeness (QED) is 0.890. The standard InChI is InChI=1S/C13H12ClNO2S/c1-8-5-6-18-11(8)7-15-10-4-2-3-9(14)12(10)13(16)17/h2-6,15H,7H2,1H3,(H,16,17). The van der Waals surface area contributed by atoms with E-state index in [-0.39, 0.29) is 10.6 Å². The van der Waals surface area contributed by atoms with Gasteiger partial charge in [-0.25, -0.2) is 4.79 Å². The number of nitrogens with one attached hydrogen (secondary N) is 1. The van der Waals surface area contributed by atoms with Crippen molar-refractivity contribution in [2.24, 2.45) is 0 Å². The predicted molar refractivity (Wildman–Crippen MR) is 74.8 cm³/mol. The highest BCUT2D eigenvalue weighted by Crippen LogP contribution is 2.25. The SMILES string of the molecule is Cc1ccsc1CNc1cccc(Cl)c1C(=O)O. The zero-order valence-electron chi connectivity index (χ0n) is 9.74. The van der Waals surface area contributed by atoms with E-state index in [0.29, 0.717) is 12.2 Å². The van der Waals surface area contributed by atoms with Crippen molar-refractivity contribution >= 4 is 34.6 Å². The van der Waals surface area contributed by atoms with Gasteiger partial charge in [-0.05, 0) is 36.1 Å². The first kappa shape index (κ1) is 12.9. The van der Waals surface area contributed by atoms with Crippen molar-refractivity contribution in [3.8, 4) is 0 Å². The third-order valence-corrected chi connectivity index (χ3v) is 3.97. The Balaban J connectivity index is 2.22. The molecular formula is C13H12ClNO2S. The third-order valence-electron chi connectivity index (χ3n) is 2.64. The Morgan fingerprint density at radius 3 is 2.83 bits per heavy atom. The van der Waals surface area contributed by atoms with Gasteiger partial charge in [0.05, 0.1) is 10.7 Å². The van der Waals surface area contributed by atoms with E-state index in [1.54, 1.807) is 29.5 Å². The first-order valence-corrected chi connectivity index (χ1v) is 6.64. The highest BCUT2D eigenvalue weighted by molar-refractivity contribution is 7.10. The summed E-state index contributed by atoms with van der Waals surface area (Å²) in [6, 6.07) is 7.07. The van der Waals surface area contributed by atoms with Gasteiger partial charge in [-0.1, -0.05) is 17.7 Å². The Morgan fingerprint density at radius 2 is 2.22 bits per heavy atom. The van der Waals surface area contributed by atoms with Gasteiger partial charge in [0, 0.05) is 11.4 Å². The van der Waals surface area contributed by atoms with Gasteiger partial charge in [0.2, 0.25) is 0 Å². The molecule has 18 heavy (non-hydrogen) atoms. The molecule has 0 bridgehead atoms. The van der Waals surface area contributed by atoms with E-state index in [0.717, 1.165) is 0 Å². The molecule has 3 nitrogen and oxygen atoms in total. The number of aromatic carboxylic acids is 1. The summed E-state index contributed by atoms with van der Waals surface area (Å²) in [5.41, 5.74) is 1.86. The molecule has 0 aliphatic heterocycles. The van der Waals surface area contributed by atoms with Crippen LogP contribution in [0.4, 0.5) is 5.69 Å². The molecule has 94 valence electrons. The summed E-state index contributed by atoms with van der Waals surface area (Å²) in [7, 11) is 0. The normalized spacial score (nSPS) is 10.3. The molecular weight excluding hydrogens is 270 g/mol. The maximum Gasteiger partial charge on any atom is 0.339 e. The number of aryl methyl sites for hydroxylation is 1. The fourth-order valence-corrected chi connectivity index (χ4v) is 2.75. The number of carbonyl (C=O) groups is 1. The molecule has 1 aromatic heterocycles. The Hall–Kier alpha value is -1.52. The maximum absolute atomic E-state index is 11.1. The van der Waals surface area contributed by atoms with Gasteiger partial charge in [0.1, 0.15) is 5.56 Å². The highest BCUT2D eigenvalue weighted by atomic mass is 35.5. The highest BCUT2D eigenvalue weighted by Gasteiger charge is 2.14. The van der Waals surface area contributed by atoms with Crippen molar-refractivity contribution in [3.05, 3.63) is 50.7 Å². The molecule has 0 saturated heterocycles. The van der Waals surface area contributed by atoms with Crippen LogP contribution in [0, 0.1) is 6.92 Å². The van der Waals surface area contributed by atoms with Crippen molar-refractivity contribution in [2.75, 3.05) is 5.32 Å². The molecule has 0 spiro atoms. The van der Waals surface area contributed by atoms with Crippen molar-refractivity contribution < 1.29 is 9.90 Å². The van der Waals surface area contributed by atoms with Gasteiger partial charge < -0.3 is 10.4 Å². The number of hydrogen-bond donors (Lipinski definition) is 2. The van der Waals surface area contributed by atoms with Gasteiger partial charge in [-0.2, -0.15) is 0 Å². The molecule has 1 aromatic carbocycles. The molecule has 0 atom stereocenters. The minimum absolute atomic E-state index is 0.119. The van der Waals surface area contributed by atoms with Gasteiger partial charge in [0.15, 0.2) is 0 Å². The van der Waals surface area contributed by atoms with Crippen LogP contribution in [0.15, 0.2) is 29.6 Å². The summed E-state index contributed by atoms with van der Waals surface area (Å²) < 4.78 is 0. The average molecular weight is 282 g/mol. The molecule has 0 radical (unpaired) electrons. The summed E-state index contributed by atoms with van der Waals surface area (Å²) in [6.07, 6.45) is 0. The first-order chi connectivity index (χ1) is 8.59. The van der Waals surface area contributed by atoms with Crippen LogP contribution in [0.5, 0.6) is 0 Å². The molecule has 0 fully saturated rings. The van der Waals surface area contributed by atoms with Gasteiger partial charge in [-0.15, -0.1) is 11.3 Å². The van der Waals surface area contributed by atoms with Gasteiger partial charge >= 0.3 is 5.97 Å². The Morgan fingerprint density at radius 1 is 1.44 bits per heavy atom. The fourth-order valence-electron chi connectivity index (χ4n) is 1.65. The van der Waals surface area contributed by atoms with Crippen LogP contribution in [-0.4, -0.2) is 11.1 Å². The largest absolute Gasteiger partial charge is 0.478 e. The topological polar surface area (TPSA) is 49.3 Å². The monoisotopic (exact) mass is 281 g/mol. The molecule has 0 aliphatic carbocycles. The number of hydrogen-bond acceptors (Lipinski definition) is 3. The summed E-state index contributed by atoms with van der Waals surface area (Å²) in [4.78, 5) is 12.3. The minimum atomic E-state index is -1.02. The zero-order chi connectivity index (χ0) is 13.1. The Labute approximate surface area is 114 Å². The molecule has 0 unspecified atom stereocenters. The van der Waals surface area contributed by atoms with E-state index < -0.39 is 5.97 Å². The number of halogens is 1. The van der Waals surface area contributed by atoms with E-state index in [4.69, 9.17) is 16.7 Å². The summed E-state index contributed by atoms with van der Waals surface area (Å²) in [6.45, 7) is 2.63. The van der Waals surface area contributed by atoms with Crippen molar-refractivity contribution in [3.63, 3.8) is 0 Å². The lowest BCUT2D eigenvalue weighted by Gasteiger charge is -2.10. The van der Waals surface area contributed by atoms with Crippen LogP contribution >= 0.6 is 22.9 Å². The van der Waals surface area contributed by atoms with Crippen LogP contribution in [0.2, 0.25) is 5.02 Å². The smallest absolute Gasteiger partial charge is 0.339 e. The molecule has 5 heteroatoms. The lowest BCUT2D eigenvalue weighted by molar-refractivity contribution is 0.0698. The van der Waals surface area contributed by atoms with E-state index in [9.17, 15) is 4.79 Å². The van der Waals surface area contributed by atoms with E-state index in [1.807, 2.05) is 18.4 Å². The number of carboxylic acids is 1. The minimum Gasteiger partial charge on any atom is -0.478 e. The van der Waals surface area contributed by atoms with Crippen LogP contribution in [0.25, 0.3) is 0 Å².